The Morgan fingerprint density at radius 2 is 2.11 bits per heavy atom. The standard InChI is InChI=1S/C13H14N4S/c1-17(2)13(18)16-15-9-12-11-6-4-3-5-10(11)7-8-14-12/h3-9H,1-2H3,(H,16,18). The number of hydrogen-bond donors (Lipinski definition) is 1. The summed E-state index contributed by atoms with van der Waals surface area (Å²) in [4.78, 5) is 6.08. The van der Waals surface area contributed by atoms with E-state index in [0.717, 1.165) is 16.5 Å². The Kier molecular flexibility index (Phi) is 3.84. The van der Waals surface area contributed by atoms with Crippen LogP contribution in [0.3, 0.4) is 0 Å². The minimum Gasteiger partial charge on any atom is -0.354 e. The van der Waals surface area contributed by atoms with Gasteiger partial charge in [-0.3, -0.25) is 10.4 Å². The molecule has 2 aromatic rings. The SMILES string of the molecule is CN(C)C(=S)NN=Cc1nccc2ccccc12. The first kappa shape index (κ1) is 12.4. The van der Waals surface area contributed by atoms with Gasteiger partial charge in [0.2, 0.25) is 0 Å². The third-order valence-corrected chi connectivity index (χ3v) is 2.91. The molecule has 0 atom stereocenters. The van der Waals surface area contributed by atoms with Crippen molar-refractivity contribution in [1.82, 2.24) is 15.3 Å². The van der Waals surface area contributed by atoms with Crippen LogP contribution in [0.4, 0.5) is 0 Å². The average Bonchev–Trinajstić information content (AvgIpc) is 2.38. The monoisotopic (exact) mass is 258 g/mol. The fourth-order valence-corrected chi connectivity index (χ4v) is 1.55. The largest absolute Gasteiger partial charge is 0.354 e. The summed E-state index contributed by atoms with van der Waals surface area (Å²) in [6.07, 6.45) is 3.45. The number of hydrogen-bond acceptors (Lipinski definition) is 3. The number of pyridine rings is 1. The van der Waals surface area contributed by atoms with Crippen molar-refractivity contribution in [2.45, 2.75) is 0 Å². The van der Waals surface area contributed by atoms with Gasteiger partial charge in [0.05, 0.1) is 11.9 Å². The number of fused-ring (bicyclic) bond motifs is 1. The lowest BCUT2D eigenvalue weighted by Gasteiger charge is -2.11. The molecule has 1 heterocycles. The van der Waals surface area contributed by atoms with Gasteiger partial charge in [0.25, 0.3) is 0 Å². The molecule has 0 aliphatic rings. The summed E-state index contributed by atoms with van der Waals surface area (Å²) in [5.41, 5.74) is 3.60. The van der Waals surface area contributed by atoms with E-state index in [2.05, 4.69) is 15.5 Å². The Labute approximate surface area is 111 Å². The second-order valence-electron chi connectivity index (χ2n) is 3.99. The first-order valence-corrected chi connectivity index (χ1v) is 5.93. The van der Waals surface area contributed by atoms with Gasteiger partial charge < -0.3 is 4.90 Å². The molecule has 0 radical (unpaired) electrons. The zero-order valence-corrected chi connectivity index (χ0v) is 11.1. The maximum atomic E-state index is 5.07. The third kappa shape index (κ3) is 2.81. The Bertz CT molecular complexity index is 587. The summed E-state index contributed by atoms with van der Waals surface area (Å²) >= 11 is 5.07. The molecule has 18 heavy (non-hydrogen) atoms. The molecule has 1 aromatic heterocycles. The van der Waals surface area contributed by atoms with Gasteiger partial charge in [0.15, 0.2) is 5.11 Å². The first-order valence-electron chi connectivity index (χ1n) is 5.52. The molecule has 0 bridgehead atoms. The topological polar surface area (TPSA) is 40.5 Å². The summed E-state index contributed by atoms with van der Waals surface area (Å²) in [5, 5.41) is 6.87. The van der Waals surface area contributed by atoms with Gasteiger partial charge in [-0.15, -0.1) is 0 Å². The molecule has 1 aromatic carbocycles. The van der Waals surface area contributed by atoms with E-state index in [4.69, 9.17) is 12.2 Å². The minimum absolute atomic E-state index is 0.562. The lowest BCUT2D eigenvalue weighted by atomic mass is 10.1. The summed E-state index contributed by atoms with van der Waals surface area (Å²) in [7, 11) is 3.72. The van der Waals surface area contributed by atoms with Crippen LogP contribution >= 0.6 is 12.2 Å². The van der Waals surface area contributed by atoms with E-state index in [0.29, 0.717) is 5.11 Å². The molecule has 0 aliphatic carbocycles. The molecule has 4 nitrogen and oxygen atoms in total. The highest BCUT2D eigenvalue weighted by atomic mass is 32.1. The molecule has 2 rings (SSSR count). The van der Waals surface area contributed by atoms with Crippen molar-refractivity contribution in [3.8, 4) is 0 Å². The highest BCUT2D eigenvalue weighted by Crippen LogP contribution is 2.14. The van der Waals surface area contributed by atoms with Crippen LogP contribution in [-0.4, -0.2) is 35.3 Å². The number of nitrogens with zero attached hydrogens (tertiary/aromatic N) is 3. The van der Waals surface area contributed by atoms with E-state index in [-0.39, 0.29) is 0 Å². The molecule has 0 spiro atoms. The Hall–Kier alpha value is -2.01. The van der Waals surface area contributed by atoms with E-state index in [9.17, 15) is 0 Å². The fraction of sp³-hybridized carbons (Fsp3) is 0.154. The predicted molar refractivity (Wildman–Crippen MR) is 78.8 cm³/mol. The number of hydrazone groups is 1. The first-order chi connectivity index (χ1) is 8.68. The van der Waals surface area contributed by atoms with E-state index in [1.165, 1.54) is 0 Å². The van der Waals surface area contributed by atoms with Crippen LogP contribution in [0.25, 0.3) is 10.8 Å². The molecular formula is C13H14N4S. The van der Waals surface area contributed by atoms with Crippen molar-refractivity contribution in [3.05, 3.63) is 42.2 Å². The van der Waals surface area contributed by atoms with Crippen molar-refractivity contribution in [1.29, 1.82) is 0 Å². The second kappa shape index (κ2) is 5.55. The number of nitrogens with one attached hydrogen (secondary N) is 1. The van der Waals surface area contributed by atoms with Crippen LogP contribution in [0.2, 0.25) is 0 Å². The normalized spacial score (nSPS) is 10.8. The molecule has 0 unspecified atom stereocenters. The average molecular weight is 258 g/mol. The van der Waals surface area contributed by atoms with Crippen LogP contribution in [0, 0.1) is 0 Å². The summed E-state index contributed by atoms with van der Waals surface area (Å²) < 4.78 is 0. The van der Waals surface area contributed by atoms with Gasteiger partial charge in [0.1, 0.15) is 0 Å². The molecule has 0 aliphatic heterocycles. The molecule has 92 valence electrons. The maximum absolute atomic E-state index is 5.07. The van der Waals surface area contributed by atoms with Gasteiger partial charge in [0, 0.05) is 25.7 Å². The molecule has 0 saturated heterocycles. The quantitative estimate of drug-likeness (QED) is 0.508. The smallest absolute Gasteiger partial charge is 0.189 e. The van der Waals surface area contributed by atoms with Crippen molar-refractivity contribution in [2.75, 3.05) is 14.1 Å². The molecule has 0 amide bonds. The predicted octanol–water partition coefficient (Wildman–Crippen LogP) is 2.00. The van der Waals surface area contributed by atoms with Gasteiger partial charge in [-0.25, -0.2) is 0 Å². The van der Waals surface area contributed by atoms with Crippen LogP contribution in [0.15, 0.2) is 41.6 Å². The zero-order valence-electron chi connectivity index (χ0n) is 10.3. The van der Waals surface area contributed by atoms with E-state index in [1.807, 2.05) is 44.4 Å². The minimum atomic E-state index is 0.562. The van der Waals surface area contributed by atoms with Crippen LogP contribution in [0.5, 0.6) is 0 Å². The summed E-state index contributed by atoms with van der Waals surface area (Å²) in [6, 6.07) is 10.0. The highest BCUT2D eigenvalue weighted by molar-refractivity contribution is 7.80. The van der Waals surface area contributed by atoms with Crippen LogP contribution in [-0.2, 0) is 0 Å². The number of benzene rings is 1. The molecule has 1 N–H and O–H groups in total. The molecule has 5 heteroatoms. The van der Waals surface area contributed by atoms with Gasteiger partial charge >= 0.3 is 0 Å². The lowest BCUT2D eigenvalue weighted by Crippen LogP contribution is -2.30. The highest BCUT2D eigenvalue weighted by Gasteiger charge is 1.99. The van der Waals surface area contributed by atoms with E-state index in [1.54, 1.807) is 17.3 Å². The number of rotatable bonds is 2. The molecular weight excluding hydrogens is 244 g/mol. The maximum Gasteiger partial charge on any atom is 0.189 e. The summed E-state index contributed by atoms with van der Waals surface area (Å²) in [5.74, 6) is 0. The lowest BCUT2D eigenvalue weighted by molar-refractivity contribution is 0.606. The Balaban J connectivity index is 2.22. The van der Waals surface area contributed by atoms with Crippen molar-refractivity contribution >= 4 is 34.3 Å². The van der Waals surface area contributed by atoms with Crippen molar-refractivity contribution in [2.24, 2.45) is 5.10 Å². The number of thiocarbonyl (C=S) groups is 1. The number of aromatic nitrogens is 1. The van der Waals surface area contributed by atoms with E-state index < -0.39 is 0 Å². The van der Waals surface area contributed by atoms with Gasteiger partial charge in [-0.1, -0.05) is 24.3 Å². The van der Waals surface area contributed by atoms with E-state index >= 15 is 0 Å². The Morgan fingerprint density at radius 1 is 1.33 bits per heavy atom. The summed E-state index contributed by atoms with van der Waals surface area (Å²) in [6.45, 7) is 0. The third-order valence-electron chi connectivity index (χ3n) is 2.46. The van der Waals surface area contributed by atoms with Gasteiger partial charge in [-0.2, -0.15) is 5.10 Å². The van der Waals surface area contributed by atoms with Crippen molar-refractivity contribution < 1.29 is 0 Å². The van der Waals surface area contributed by atoms with Crippen LogP contribution in [0.1, 0.15) is 5.69 Å². The van der Waals surface area contributed by atoms with Gasteiger partial charge in [-0.05, 0) is 23.7 Å². The van der Waals surface area contributed by atoms with Crippen molar-refractivity contribution in [3.63, 3.8) is 0 Å². The van der Waals surface area contributed by atoms with Crippen LogP contribution < -0.4 is 5.43 Å². The second-order valence-corrected chi connectivity index (χ2v) is 4.37. The Morgan fingerprint density at radius 3 is 2.89 bits per heavy atom. The zero-order chi connectivity index (χ0) is 13.0. The molecule has 0 fully saturated rings. The molecule has 0 saturated carbocycles. The fourth-order valence-electron chi connectivity index (χ4n) is 1.49.